The van der Waals surface area contributed by atoms with E-state index in [-0.39, 0.29) is 0 Å². The lowest BCUT2D eigenvalue weighted by Gasteiger charge is -2.05. The van der Waals surface area contributed by atoms with Crippen molar-refractivity contribution in [1.29, 1.82) is 0 Å². The lowest BCUT2D eigenvalue weighted by Crippen LogP contribution is -1.89. The fourth-order valence-corrected chi connectivity index (χ4v) is 2.19. The van der Waals surface area contributed by atoms with Crippen LogP contribution in [0, 0.1) is 6.92 Å². The summed E-state index contributed by atoms with van der Waals surface area (Å²) in [5.74, 6) is -0.178. The van der Waals surface area contributed by atoms with Gasteiger partial charge in [0.05, 0.1) is 12.6 Å². The van der Waals surface area contributed by atoms with Crippen LogP contribution in [0.1, 0.15) is 11.1 Å². The Hall–Kier alpha value is -2.23. The van der Waals surface area contributed by atoms with Crippen molar-refractivity contribution >= 4 is 22.9 Å². The third-order valence-corrected chi connectivity index (χ3v) is 2.91. The molecule has 1 heterocycles. The van der Waals surface area contributed by atoms with Crippen molar-refractivity contribution in [2.24, 2.45) is 7.05 Å². The lowest BCUT2D eigenvalue weighted by atomic mass is 10.1. The van der Waals surface area contributed by atoms with E-state index in [9.17, 15) is 4.79 Å². The van der Waals surface area contributed by atoms with Crippen LogP contribution in [0.25, 0.3) is 17.0 Å². The molecule has 1 aromatic heterocycles. The second-order valence-electron chi connectivity index (χ2n) is 4.21. The van der Waals surface area contributed by atoms with Crippen LogP contribution in [-0.2, 0) is 11.8 Å². The molecule has 0 radical (unpaired) electrons. The highest BCUT2D eigenvalue weighted by Crippen LogP contribution is 2.29. The molecule has 2 aromatic rings. The third-order valence-electron chi connectivity index (χ3n) is 2.91. The van der Waals surface area contributed by atoms with Crippen molar-refractivity contribution < 1.29 is 14.6 Å². The monoisotopic (exact) mass is 245 g/mol. The number of aromatic nitrogens is 1. The van der Waals surface area contributed by atoms with E-state index in [0.29, 0.717) is 0 Å². The molecule has 0 aliphatic carbocycles. The summed E-state index contributed by atoms with van der Waals surface area (Å²) in [7, 11) is 3.57. The van der Waals surface area contributed by atoms with Gasteiger partial charge in [0.25, 0.3) is 0 Å². The van der Waals surface area contributed by atoms with Gasteiger partial charge in [-0.1, -0.05) is 0 Å². The molecule has 94 valence electrons. The number of rotatable bonds is 3. The van der Waals surface area contributed by atoms with Gasteiger partial charge in [0, 0.05) is 30.3 Å². The van der Waals surface area contributed by atoms with Crippen LogP contribution in [0.4, 0.5) is 0 Å². The Labute approximate surface area is 105 Å². The number of aryl methyl sites for hydroxylation is 2. The molecule has 0 saturated heterocycles. The van der Waals surface area contributed by atoms with Crippen LogP contribution in [0.2, 0.25) is 0 Å². The molecule has 1 aromatic carbocycles. The van der Waals surface area contributed by atoms with E-state index in [4.69, 9.17) is 9.84 Å². The Balaban J connectivity index is 2.68. The summed E-state index contributed by atoms with van der Waals surface area (Å²) in [5, 5.41) is 9.68. The molecular formula is C14H15NO3. The highest BCUT2D eigenvalue weighted by atomic mass is 16.5. The number of hydrogen-bond donors (Lipinski definition) is 1. The molecule has 1 N–H and O–H groups in total. The Bertz CT molecular complexity index is 638. The second-order valence-corrected chi connectivity index (χ2v) is 4.21. The minimum Gasteiger partial charge on any atom is -0.497 e. The first-order valence-corrected chi connectivity index (χ1v) is 5.57. The van der Waals surface area contributed by atoms with Crippen LogP contribution in [0.3, 0.4) is 0 Å². The maximum Gasteiger partial charge on any atom is 0.328 e. The maximum absolute atomic E-state index is 10.6. The minimum absolute atomic E-state index is 0.774. The van der Waals surface area contributed by atoms with Gasteiger partial charge in [0.2, 0.25) is 0 Å². The van der Waals surface area contributed by atoms with Crippen LogP contribution in [0.15, 0.2) is 24.4 Å². The summed E-state index contributed by atoms with van der Waals surface area (Å²) in [6.45, 7) is 2.01. The van der Waals surface area contributed by atoms with Gasteiger partial charge in [-0.3, -0.25) is 0 Å². The van der Waals surface area contributed by atoms with E-state index in [2.05, 4.69) is 0 Å². The van der Waals surface area contributed by atoms with Crippen molar-refractivity contribution in [3.05, 3.63) is 35.5 Å². The normalized spacial score (nSPS) is 11.3. The summed E-state index contributed by atoms with van der Waals surface area (Å²) in [4.78, 5) is 10.6. The molecule has 4 nitrogen and oxygen atoms in total. The smallest absolute Gasteiger partial charge is 0.328 e. The summed E-state index contributed by atoms with van der Waals surface area (Å²) in [5.41, 5.74) is 3.06. The minimum atomic E-state index is -0.952. The predicted molar refractivity (Wildman–Crippen MR) is 70.9 cm³/mol. The van der Waals surface area contributed by atoms with Gasteiger partial charge in [-0.15, -0.1) is 0 Å². The van der Waals surface area contributed by atoms with Crippen molar-refractivity contribution in [3.8, 4) is 5.75 Å². The van der Waals surface area contributed by atoms with Gasteiger partial charge >= 0.3 is 5.97 Å². The third kappa shape index (κ3) is 2.09. The molecular weight excluding hydrogens is 230 g/mol. The van der Waals surface area contributed by atoms with Gasteiger partial charge in [-0.05, 0) is 30.7 Å². The number of nitrogens with zero attached hydrogens (tertiary/aromatic N) is 1. The van der Waals surface area contributed by atoms with Gasteiger partial charge in [0.15, 0.2) is 0 Å². The van der Waals surface area contributed by atoms with Crippen LogP contribution >= 0.6 is 0 Å². The molecule has 0 amide bonds. The highest BCUT2D eigenvalue weighted by molar-refractivity contribution is 5.95. The number of carboxylic acid groups (broad SMARTS) is 1. The molecule has 0 bridgehead atoms. The molecule has 0 atom stereocenters. The van der Waals surface area contributed by atoms with E-state index in [1.807, 2.05) is 36.9 Å². The van der Waals surface area contributed by atoms with E-state index in [0.717, 1.165) is 33.9 Å². The van der Waals surface area contributed by atoms with Gasteiger partial charge in [0.1, 0.15) is 5.75 Å². The molecule has 0 spiro atoms. The molecule has 2 rings (SSSR count). The molecule has 18 heavy (non-hydrogen) atoms. The molecule has 0 aliphatic heterocycles. The molecule has 4 heteroatoms. The fourth-order valence-electron chi connectivity index (χ4n) is 2.19. The number of ether oxygens (including phenoxy) is 1. The number of benzene rings is 1. The van der Waals surface area contributed by atoms with Crippen LogP contribution < -0.4 is 4.74 Å². The van der Waals surface area contributed by atoms with E-state index < -0.39 is 5.97 Å². The molecule has 0 fully saturated rings. The zero-order valence-electron chi connectivity index (χ0n) is 10.6. The number of aliphatic carboxylic acids is 1. The molecule has 0 unspecified atom stereocenters. The molecule has 0 saturated carbocycles. The predicted octanol–water partition coefficient (Wildman–Crippen LogP) is 2.59. The largest absolute Gasteiger partial charge is 0.497 e. The average molecular weight is 245 g/mol. The van der Waals surface area contributed by atoms with Gasteiger partial charge in [-0.25, -0.2) is 4.79 Å². The van der Waals surface area contributed by atoms with E-state index in [1.165, 1.54) is 0 Å². The standard InChI is InChI=1S/C14H15NO3/c1-9-6-11(18-3)7-12-10(4-5-13(16)17)8-15(2)14(9)12/h4-8H,1-3H3,(H,16,17)/b5-4+. The van der Waals surface area contributed by atoms with E-state index in [1.54, 1.807) is 13.2 Å². The van der Waals surface area contributed by atoms with Crippen molar-refractivity contribution in [1.82, 2.24) is 4.57 Å². The van der Waals surface area contributed by atoms with Gasteiger partial charge in [-0.2, -0.15) is 0 Å². The van der Waals surface area contributed by atoms with Crippen molar-refractivity contribution in [2.75, 3.05) is 7.11 Å². The first kappa shape index (κ1) is 12.2. The number of fused-ring (bicyclic) bond motifs is 1. The van der Waals surface area contributed by atoms with Crippen LogP contribution in [0.5, 0.6) is 5.75 Å². The summed E-state index contributed by atoms with van der Waals surface area (Å²) < 4.78 is 7.23. The zero-order chi connectivity index (χ0) is 13.3. The Morgan fingerprint density at radius 2 is 2.17 bits per heavy atom. The summed E-state index contributed by atoms with van der Waals surface area (Å²) >= 11 is 0. The topological polar surface area (TPSA) is 51.5 Å². The number of carbonyl (C=O) groups is 1. The first-order chi connectivity index (χ1) is 8.52. The van der Waals surface area contributed by atoms with Crippen molar-refractivity contribution in [2.45, 2.75) is 6.92 Å². The highest BCUT2D eigenvalue weighted by Gasteiger charge is 2.09. The Morgan fingerprint density at radius 3 is 2.78 bits per heavy atom. The fraction of sp³-hybridized carbons (Fsp3) is 0.214. The summed E-state index contributed by atoms with van der Waals surface area (Å²) in [6.07, 6.45) is 4.66. The van der Waals surface area contributed by atoms with Gasteiger partial charge < -0.3 is 14.4 Å². The zero-order valence-corrected chi connectivity index (χ0v) is 10.6. The Kier molecular flexibility index (Phi) is 3.10. The lowest BCUT2D eigenvalue weighted by molar-refractivity contribution is -0.131. The molecule has 0 aliphatic rings. The number of carboxylic acids is 1. The maximum atomic E-state index is 10.6. The SMILES string of the molecule is COc1cc(C)c2c(c1)c(/C=C/C(=O)O)cn2C. The second kappa shape index (κ2) is 4.56. The van der Waals surface area contributed by atoms with Crippen molar-refractivity contribution in [3.63, 3.8) is 0 Å². The van der Waals surface area contributed by atoms with E-state index >= 15 is 0 Å². The first-order valence-electron chi connectivity index (χ1n) is 5.57. The number of methoxy groups -OCH3 is 1. The quantitative estimate of drug-likeness (QED) is 0.845. The number of hydrogen-bond acceptors (Lipinski definition) is 2. The average Bonchev–Trinajstić information content (AvgIpc) is 2.63. The van der Waals surface area contributed by atoms with Crippen LogP contribution in [-0.4, -0.2) is 22.8 Å². The Morgan fingerprint density at radius 1 is 1.44 bits per heavy atom. The summed E-state index contributed by atoms with van der Waals surface area (Å²) in [6, 6.07) is 3.89.